The molecule has 0 bridgehead atoms. The van der Waals surface area contributed by atoms with E-state index in [1.165, 1.54) is 35.6 Å². The van der Waals surface area contributed by atoms with Crippen LogP contribution in [-0.2, 0) is 22.1 Å². The second-order valence-electron chi connectivity index (χ2n) is 4.69. The van der Waals surface area contributed by atoms with Crippen LogP contribution in [0.15, 0.2) is 36.5 Å². The van der Waals surface area contributed by atoms with Gasteiger partial charge in [0.2, 0.25) is 0 Å². The molecule has 0 atom stereocenters. The summed E-state index contributed by atoms with van der Waals surface area (Å²) in [6, 6.07) is 5.26. The van der Waals surface area contributed by atoms with Crippen LogP contribution in [-0.4, -0.2) is 17.6 Å². The fourth-order valence-corrected chi connectivity index (χ4v) is 2.62. The van der Waals surface area contributed by atoms with E-state index in [4.69, 9.17) is 4.74 Å². The molecule has 0 saturated carbocycles. The van der Waals surface area contributed by atoms with Crippen molar-refractivity contribution >= 4 is 23.4 Å². The summed E-state index contributed by atoms with van der Waals surface area (Å²) in [6.45, 7) is 1.73. The molecule has 1 aromatic heterocycles. The van der Waals surface area contributed by atoms with E-state index >= 15 is 0 Å². The number of aromatic nitrogens is 1. The summed E-state index contributed by atoms with van der Waals surface area (Å²) in [4.78, 5) is 16.4. The molecular formula is C16H14F3NO2S. The Morgan fingerprint density at radius 1 is 1.35 bits per heavy atom. The molecule has 1 aromatic carbocycles. The van der Waals surface area contributed by atoms with Crippen molar-refractivity contribution in [1.29, 1.82) is 0 Å². The maximum absolute atomic E-state index is 12.8. The molecule has 0 aliphatic carbocycles. The van der Waals surface area contributed by atoms with Gasteiger partial charge in [-0.1, -0.05) is 18.2 Å². The SMILES string of the molecule is Cc1ncc(/C=C/C(=O)OCCc2ccccc2C(F)(F)F)s1. The van der Waals surface area contributed by atoms with Gasteiger partial charge in [0.05, 0.1) is 17.2 Å². The first-order valence-corrected chi connectivity index (χ1v) is 7.60. The number of esters is 1. The second-order valence-corrected chi connectivity index (χ2v) is 5.95. The average Bonchev–Trinajstić information content (AvgIpc) is 2.90. The zero-order valence-electron chi connectivity index (χ0n) is 12.3. The standard InChI is InChI=1S/C16H14F3NO2S/c1-11-20-10-13(23-11)6-7-15(21)22-9-8-12-4-2-3-5-14(12)16(17,18)19/h2-7,10H,8-9H2,1H3/b7-6+. The Bertz CT molecular complexity index is 707. The van der Waals surface area contributed by atoms with Gasteiger partial charge in [0.25, 0.3) is 0 Å². The third-order valence-corrected chi connectivity index (χ3v) is 3.84. The molecule has 0 N–H and O–H groups in total. The Labute approximate surface area is 135 Å². The summed E-state index contributed by atoms with van der Waals surface area (Å²) < 4.78 is 43.4. The first-order valence-electron chi connectivity index (χ1n) is 6.78. The van der Waals surface area contributed by atoms with Crippen molar-refractivity contribution in [1.82, 2.24) is 4.98 Å². The number of carbonyl (C=O) groups is 1. The fraction of sp³-hybridized carbons (Fsp3) is 0.250. The summed E-state index contributed by atoms with van der Waals surface area (Å²) in [5.74, 6) is -0.597. The Balaban J connectivity index is 1.88. The van der Waals surface area contributed by atoms with Crippen LogP contribution in [0.3, 0.4) is 0 Å². The molecule has 0 aliphatic rings. The minimum absolute atomic E-state index is 0.00886. The molecule has 122 valence electrons. The number of rotatable bonds is 5. The molecule has 7 heteroatoms. The highest BCUT2D eigenvalue weighted by Gasteiger charge is 2.32. The average molecular weight is 341 g/mol. The third-order valence-electron chi connectivity index (χ3n) is 2.96. The molecule has 23 heavy (non-hydrogen) atoms. The van der Waals surface area contributed by atoms with Gasteiger partial charge in [0.1, 0.15) is 0 Å². The highest BCUT2D eigenvalue weighted by atomic mass is 32.1. The van der Waals surface area contributed by atoms with E-state index in [1.54, 1.807) is 12.3 Å². The monoisotopic (exact) mass is 341 g/mol. The van der Waals surface area contributed by atoms with E-state index < -0.39 is 17.7 Å². The summed E-state index contributed by atoms with van der Waals surface area (Å²) >= 11 is 1.42. The quantitative estimate of drug-likeness (QED) is 0.602. The maximum Gasteiger partial charge on any atom is 0.416 e. The van der Waals surface area contributed by atoms with E-state index in [0.29, 0.717) is 0 Å². The molecule has 0 amide bonds. The van der Waals surface area contributed by atoms with Gasteiger partial charge in [0, 0.05) is 23.6 Å². The lowest BCUT2D eigenvalue weighted by molar-refractivity contribution is -0.138. The van der Waals surface area contributed by atoms with Crippen LogP contribution in [0.25, 0.3) is 6.08 Å². The number of thiazole rings is 1. The van der Waals surface area contributed by atoms with Gasteiger partial charge >= 0.3 is 12.1 Å². The van der Waals surface area contributed by atoms with Crippen LogP contribution >= 0.6 is 11.3 Å². The normalized spacial score (nSPS) is 11.8. The van der Waals surface area contributed by atoms with E-state index in [1.807, 2.05) is 6.92 Å². The molecule has 0 fully saturated rings. The van der Waals surface area contributed by atoms with E-state index in [0.717, 1.165) is 16.0 Å². The zero-order chi connectivity index (χ0) is 16.9. The lowest BCUT2D eigenvalue weighted by Gasteiger charge is -2.12. The van der Waals surface area contributed by atoms with Gasteiger partial charge in [-0.05, 0) is 24.6 Å². The predicted molar refractivity (Wildman–Crippen MR) is 82.0 cm³/mol. The summed E-state index contributed by atoms with van der Waals surface area (Å²) in [5, 5.41) is 0.877. The van der Waals surface area contributed by atoms with Crippen molar-refractivity contribution < 1.29 is 22.7 Å². The largest absolute Gasteiger partial charge is 0.462 e. The number of nitrogens with zero attached hydrogens (tertiary/aromatic N) is 1. The topological polar surface area (TPSA) is 39.2 Å². The second kappa shape index (κ2) is 7.41. The van der Waals surface area contributed by atoms with Crippen LogP contribution in [0.2, 0.25) is 0 Å². The number of ether oxygens (including phenoxy) is 1. The molecule has 2 rings (SSSR count). The van der Waals surface area contributed by atoms with Crippen LogP contribution in [0, 0.1) is 6.92 Å². The number of benzene rings is 1. The molecular weight excluding hydrogens is 327 g/mol. The van der Waals surface area contributed by atoms with Crippen LogP contribution in [0.1, 0.15) is 21.0 Å². The molecule has 1 heterocycles. The predicted octanol–water partition coefficient (Wildman–Crippen LogP) is 4.27. The highest BCUT2D eigenvalue weighted by molar-refractivity contribution is 7.12. The summed E-state index contributed by atoms with van der Waals surface area (Å²) in [5.41, 5.74) is -0.596. The third kappa shape index (κ3) is 5.21. The molecule has 0 radical (unpaired) electrons. The van der Waals surface area contributed by atoms with Gasteiger partial charge < -0.3 is 4.74 Å². The van der Waals surface area contributed by atoms with E-state index in [9.17, 15) is 18.0 Å². The lowest BCUT2D eigenvalue weighted by atomic mass is 10.0. The van der Waals surface area contributed by atoms with Crippen LogP contribution in [0.5, 0.6) is 0 Å². The molecule has 0 spiro atoms. The number of hydrogen-bond acceptors (Lipinski definition) is 4. The smallest absolute Gasteiger partial charge is 0.416 e. The molecule has 0 saturated heterocycles. The van der Waals surface area contributed by atoms with Crippen molar-refractivity contribution in [3.63, 3.8) is 0 Å². The number of hydrogen-bond donors (Lipinski definition) is 0. The lowest BCUT2D eigenvalue weighted by Crippen LogP contribution is -2.11. The van der Waals surface area contributed by atoms with Gasteiger partial charge in [-0.25, -0.2) is 9.78 Å². The first kappa shape index (κ1) is 17.2. The Morgan fingerprint density at radius 3 is 2.74 bits per heavy atom. The van der Waals surface area contributed by atoms with Gasteiger partial charge in [-0.2, -0.15) is 13.2 Å². The fourth-order valence-electron chi connectivity index (χ4n) is 1.93. The molecule has 2 aromatic rings. The maximum atomic E-state index is 12.8. The Morgan fingerprint density at radius 2 is 2.09 bits per heavy atom. The van der Waals surface area contributed by atoms with Crippen LogP contribution < -0.4 is 0 Å². The van der Waals surface area contributed by atoms with E-state index in [2.05, 4.69) is 4.98 Å². The number of alkyl halides is 3. The Kier molecular flexibility index (Phi) is 5.54. The first-order chi connectivity index (χ1) is 10.9. The number of aryl methyl sites for hydroxylation is 1. The zero-order valence-corrected chi connectivity index (χ0v) is 13.1. The van der Waals surface area contributed by atoms with Crippen LogP contribution in [0.4, 0.5) is 13.2 Å². The molecule has 0 aliphatic heterocycles. The van der Waals surface area contributed by atoms with Crippen molar-refractivity contribution in [3.05, 3.63) is 57.6 Å². The van der Waals surface area contributed by atoms with Crippen molar-refractivity contribution in [2.75, 3.05) is 6.61 Å². The minimum atomic E-state index is -4.41. The molecule has 3 nitrogen and oxygen atoms in total. The van der Waals surface area contributed by atoms with Gasteiger partial charge in [-0.15, -0.1) is 11.3 Å². The van der Waals surface area contributed by atoms with Crippen molar-refractivity contribution in [3.8, 4) is 0 Å². The van der Waals surface area contributed by atoms with Crippen molar-refractivity contribution in [2.45, 2.75) is 19.5 Å². The number of halogens is 3. The minimum Gasteiger partial charge on any atom is -0.462 e. The Hall–Kier alpha value is -2.15. The molecule has 0 unspecified atom stereocenters. The van der Waals surface area contributed by atoms with Gasteiger partial charge in [-0.3, -0.25) is 0 Å². The summed E-state index contributed by atoms with van der Waals surface area (Å²) in [7, 11) is 0. The van der Waals surface area contributed by atoms with Gasteiger partial charge in [0.15, 0.2) is 0 Å². The summed E-state index contributed by atoms with van der Waals surface area (Å²) in [6.07, 6.45) is 0.0299. The van der Waals surface area contributed by atoms with E-state index in [-0.39, 0.29) is 18.6 Å². The number of carbonyl (C=O) groups excluding carboxylic acids is 1. The van der Waals surface area contributed by atoms with Crippen molar-refractivity contribution in [2.24, 2.45) is 0 Å². The highest BCUT2D eigenvalue weighted by Crippen LogP contribution is 2.31.